The minimum Gasteiger partial charge on any atom is -0.134 e. The molecule has 0 N–H and O–H groups in total. The van der Waals surface area contributed by atoms with Gasteiger partial charge in [-0.1, -0.05) is 34.6 Å². The normalized spacial score (nSPS) is 20.2. The number of hydrogen-bond acceptors (Lipinski definition) is 4. The highest BCUT2D eigenvalue weighted by Gasteiger charge is 2.40. The van der Waals surface area contributed by atoms with Gasteiger partial charge in [0, 0.05) is 12.3 Å². The summed E-state index contributed by atoms with van der Waals surface area (Å²) in [4.78, 5) is 0. The van der Waals surface area contributed by atoms with Crippen molar-refractivity contribution < 1.29 is 0 Å². The molecule has 0 saturated carbocycles. The lowest BCUT2D eigenvalue weighted by Crippen LogP contribution is -2.33. The van der Waals surface area contributed by atoms with Crippen molar-refractivity contribution in [3.63, 3.8) is 0 Å². The molecule has 0 unspecified atom stereocenters. The predicted octanol–water partition coefficient (Wildman–Crippen LogP) is 3.61. The minimum atomic E-state index is -0.405. The van der Waals surface area contributed by atoms with E-state index in [0.29, 0.717) is 5.92 Å². The Bertz CT molecular complexity index is 222. The number of nitrogens with zero attached hydrogens (tertiary/aromatic N) is 4. The van der Waals surface area contributed by atoms with Crippen LogP contribution in [0, 0.1) is 11.3 Å². The van der Waals surface area contributed by atoms with Crippen LogP contribution >= 0.6 is 0 Å². The molecule has 1 heterocycles. The third-order valence-corrected chi connectivity index (χ3v) is 2.19. The Morgan fingerprint density at radius 2 is 1.54 bits per heavy atom. The molecule has 74 valence electrons. The van der Waals surface area contributed by atoms with Gasteiger partial charge in [0.2, 0.25) is 0 Å². The van der Waals surface area contributed by atoms with Crippen LogP contribution < -0.4 is 0 Å². The van der Waals surface area contributed by atoms with Crippen molar-refractivity contribution in [3.05, 3.63) is 0 Å². The summed E-state index contributed by atoms with van der Waals surface area (Å²) in [7, 11) is 0. The molecule has 0 bridgehead atoms. The summed E-state index contributed by atoms with van der Waals surface area (Å²) in [5.74, 6) is 0.349. The highest BCUT2D eigenvalue weighted by Crippen LogP contribution is 2.39. The molecule has 0 aromatic heterocycles. The SMILES string of the molecule is CC(C)C1(CC(C)(C)C)N=NN=N1. The molecule has 4 heteroatoms. The Hall–Kier alpha value is -0.800. The van der Waals surface area contributed by atoms with Crippen molar-refractivity contribution in [3.8, 4) is 0 Å². The van der Waals surface area contributed by atoms with E-state index in [2.05, 4.69) is 55.3 Å². The highest BCUT2D eigenvalue weighted by atomic mass is 15.6. The van der Waals surface area contributed by atoms with Gasteiger partial charge in [-0.3, -0.25) is 0 Å². The van der Waals surface area contributed by atoms with Crippen LogP contribution in [0.2, 0.25) is 0 Å². The van der Waals surface area contributed by atoms with Crippen molar-refractivity contribution in [2.24, 2.45) is 32.0 Å². The van der Waals surface area contributed by atoms with Gasteiger partial charge in [-0.25, -0.2) is 0 Å². The van der Waals surface area contributed by atoms with Gasteiger partial charge in [0.05, 0.1) is 0 Å². The van der Waals surface area contributed by atoms with Crippen LogP contribution in [0.5, 0.6) is 0 Å². The first kappa shape index (κ1) is 10.3. The number of rotatable bonds is 2. The first-order chi connectivity index (χ1) is 5.86. The molecule has 0 radical (unpaired) electrons. The number of hydrogen-bond donors (Lipinski definition) is 0. The summed E-state index contributed by atoms with van der Waals surface area (Å²) in [6.45, 7) is 10.8. The molecule has 0 aromatic rings. The van der Waals surface area contributed by atoms with E-state index in [4.69, 9.17) is 0 Å². The molecule has 13 heavy (non-hydrogen) atoms. The average Bonchev–Trinajstić information content (AvgIpc) is 2.33. The summed E-state index contributed by atoms with van der Waals surface area (Å²) in [6, 6.07) is 0. The van der Waals surface area contributed by atoms with Gasteiger partial charge in [0.1, 0.15) is 0 Å². The smallest absolute Gasteiger partial charge is 0.134 e. The van der Waals surface area contributed by atoms with Gasteiger partial charge in [0.25, 0.3) is 0 Å². The van der Waals surface area contributed by atoms with Gasteiger partial charge in [0.15, 0.2) is 5.66 Å². The summed E-state index contributed by atoms with van der Waals surface area (Å²) in [6.07, 6.45) is 0.894. The summed E-state index contributed by atoms with van der Waals surface area (Å²) in [5.41, 5.74) is -0.203. The fourth-order valence-corrected chi connectivity index (χ4v) is 1.50. The van der Waals surface area contributed by atoms with Crippen LogP contribution in [0.25, 0.3) is 0 Å². The molecule has 0 spiro atoms. The van der Waals surface area contributed by atoms with E-state index >= 15 is 0 Å². The average molecular weight is 182 g/mol. The van der Waals surface area contributed by atoms with Crippen LogP contribution in [0.3, 0.4) is 0 Å². The summed E-state index contributed by atoms with van der Waals surface area (Å²) < 4.78 is 0. The second-order valence-electron chi connectivity index (χ2n) is 5.15. The molecule has 4 nitrogen and oxygen atoms in total. The highest BCUT2D eigenvalue weighted by molar-refractivity contribution is 4.91. The minimum absolute atomic E-state index is 0.201. The van der Waals surface area contributed by atoms with Gasteiger partial charge in [-0.2, -0.15) is 0 Å². The van der Waals surface area contributed by atoms with Crippen LogP contribution in [-0.2, 0) is 0 Å². The van der Waals surface area contributed by atoms with E-state index in [9.17, 15) is 0 Å². The lowest BCUT2D eigenvalue weighted by Gasteiger charge is -2.30. The van der Waals surface area contributed by atoms with Crippen LogP contribution in [0.15, 0.2) is 20.7 Å². The molecule has 1 aliphatic rings. The maximum atomic E-state index is 4.14. The van der Waals surface area contributed by atoms with Crippen molar-refractivity contribution >= 4 is 0 Å². The van der Waals surface area contributed by atoms with Crippen LogP contribution in [-0.4, -0.2) is 5.66 Å². The molecule has 0 saturated heterocycles. The quantitative estimate of drug-likeness (QED) is 0.626. The fraction of sp³-hybridized carbons (Fsp3) is 1.00. The molecule has 0 aromatic carbocycles. The molecule has 1 aliphatic heterocycles. The van der Waals surface area contributed by atoms with Crippen molar-refractivity contribution in [2.45, 2.75) is 46.7 Å². The summed E-state index contributed by atoms with van der Waals surface area (Å²) >= 11 is 0. The second kappa shape index (κ2) is 3.16. The van der Waals surface area contributed by atoms with E-state index in [1.165, 1.54) is 0 Å². The lowest BCUT2D eigenvalue weighted by atomic mass is 9.80. The van der Waals surface area contributed by atoms with Gasteiger partial charge in [-0.15, -0.1) is 10.2 Å². The monoisotopic (exact) mass is 182 g/mol. The van der Waals surface area contributed by atoms with Crippen molar-refractivity contribution in [1.29, 1.82) is 0 Å². The molecular formula is C9H18N4. The van der Waals surface area contributed by atoms with Gasteiger partial charge >= 0.3 is 0 Å². The topological polar surface area (TPSA) is 49.4 Å². The van der Waals surface area contributed by atoms with E-state index in [0.717, 1.165) is 6.42 Å². The molecule has 0 atom stereocenters. The van der Waals surface area contributed by atoms with Crippen LogP contribution in [0.4, 0.5) is 0 Å². The van der Waals surface area contributed by atoms with E-state index in [1.54, 1.807) is 0 Å². The molecular weight excluding hydrogens is 164 g/mol. The predicted molar refractivity (Wildman–Crippen MR) is 51.4 cm³/mol. The van der Waals surface area contributed by atoms with Crippen LogP contribution in [0.1, 0.15) is 41.0 Å². The second-order valence-corrected chi connectivity index (χ2v) is 5.15. The Labute approximate surface area is 79.5 Å². The molecule has 0 aliphatic carbocycles. The van der Waals surface area contributed by atoms with E-state index < -0.39 is 5.66 Å². The molecule has 1 rings (SSSR count). The Morgan fingerprint density at radius 3 is 1.85 bits per heavy atom. The third-order valence-electron chi connectivity index (χ3n) is 2.19. The first-order valence-corrected chi connectivity index (χ1v) is 4.70. The van der Waals surface area contributed by atoms with Crippen molar-refractivity contribution in [2.75, 3.05) is 0 Å². The largest absolute Gasteiger partial charge is 0.198 e. The Kier molecular flexibility index (Phi) is 2.50. The zero-order chi connectivity index (χ0) is 10.1. The van der Waals surface area contributed by atoms with Crippen molar-refractivity contribution in [1.82, 2.24) is 0 Å². The van der Waals surface area contributed by atoms with Gasteiger partial charge in [-0.05, 0) is 15.9 Å². The Morgan fingerprint density at radius 1 is 1.08 bits per heavy atom. The third kappa shape index (κ3) is 2.32. The maximum absolute atomic E-state index is 4.14. The van der Waals surface area contributed by atoms with E-state index in [-0.39, 0.29) is 5.41 Å². The maximum Gasteiger partial charge on any atom is 0.198 e. The zero-order valence-corrected chi connectivity index (χ0v) is 9.07. The molecule has 0 amide bonds. The standard InChI is InChI=1S/C9H18N4/c1-7(2)9(6-8(3,4)5)10-12-13-11-9/h7H,6H2,1-5H3. The first-order valence-electron chi connectivity index (χ1n) is 4.70. The van der Waals surface area contributed by atoms with Gasteiger partial charge < -0.3 is 0 Å². The lowest BCUT2D eigenvalue weighted by molar-refractivity contribution is 0.206. The fourth-order valence-electron chi connectivity index (χ4n) is 1.50. The Balaban J connectivity index is 2.82. The zero-order valence-electron chi connectivity index (χ0n) is 9.07. The van der Waals surface area contributed by atoms with E-state index in [1.807, 2.05) is 0 Å². The summed E-state index contributed by atoms with van der Waals surface area (Å²) in [5, 5.41) is 15.5. The molecule has 0 fully saturated rings.